The quantitative estimate of drug-likeness (QED) is 0.715. The van der Waals surface area contributed by atoms with E-state index in [4.69, 9.17) is 0 Å². The summed E-state index contributed by atoms with van der Waals surface area (Å²) in [5.74, 6) is 1.63. The molecule has 1 aliphatic rings. The number of benzene rings is 2. The number of nitrogens with one attached hydrogen (secondary N) is 1. The lowest BCUT2D eigenvalue weighted by molar-refractivity contribution is 0.173. The molecule has 2 heterocycles. The second-order valence-electron chi connectivity index (χ2n) is 6.90. The Balaban J connectivity index is 0.00000196. The van der Waals surface area contributed by atoms with E-state index in [1.54, 1.807) is 24.3 Å². The number of aromatic nitrogens is 2. The molecule has 26 heavy (non-hydrogen) atoms. The number of likely N-dealkylation sites (tertiary alicyclic amines) is 1. The van der Waals surface area contributed by atoms with Crippen LogP contribution in [0, 0.1) is 11.7 Å². The fourth-order valence-corrected chi connectivity index (χ4v) is 3.66. The normalized spacial score (nSPS) is 15.9. The third kappa shape index (κ3) is 4.17. The molecule has 2 N–H and O–H groups in total. The number of imidazole rings is 1. The van der Waals surface area contributed by atoms with Crippen molar-refractivity contribution in [3.63, 3.8) is 0 Å². The number of hydrogen-bond donors (Lipinski definition) is 2. The molecule has 0 amide bonds. The van der Waals surface area contributed by atoms with Gasteiger partial charge >= 0.3 is 0 Å². The Labute approximate surface area is 158 Å². The molecular weight excluding hydrogens is 353 g/mol. The Hall–Kier alpha value is -2.11. The summed E-state index contributed by atoms with van der Waals surface area (Å²) in [6, 6.07) is 12.3. The van der Waals surface area contributed by atoms with Crippen molar-refractivity contribution in [2.75, 3.05) is 13.1 Å². The maximum atomic E-state index is 13.8. The number of aromatic hydroxyl groups is 1. The number of fused-ring (bicyclic) bond motifs is 1. The van der Waals surface area contributed by atoms with Gasteiger partial charge in [0.25, 0.3) is 0 Å². The third-order valence-electron chi connectivity index (χ3n) is 5.06. The lowest BCUT2D eigenvalue weighted by atomic mass is 9.90. The number of rotatable bonds is 4. The van der Waals surface area contributed by atoms with Crippen LogP contribution in [0.1, 0.15) is 24.2 Å². The Kier molecular flexibility index (Phi) is 5.79. The van der Waals surface area contributed by atoms with Gasteiger partial charge in [0.2, 0.25) is 0 Å². The average Bonchev–Trinajstić information content (AvgIpc) is 3.00. The Bertz CT molecular complexity index is 874. The largest absolute Gasteiger partial charge is 0.508 e. The fraction of sp³-hybridized carbons (Fsp3) is 0.350. The molecule has 3 aromatic rings. The van der Waals surface area contributed by atoms with Gasteiger partial charge in [-0.05, 0) is 62.0 Å². The van der Waals surface area contributed by atoms with E-state index < -0.39 is 0 Å². The second-order valence-corrected chi connectivity index (χ2v) is 6.90. The van der Waals surface area contributed by atoms with Gasteiger partial charge in [-0.1, -0.05) is 18.2 Å². The number of nitrogens with zero attached hydrogens (tertiary/aromatic N) is 2. The monoisotopic (exact) mass is 375 g/mol. The highest BCUT2D eigenvalue weighted by Gasteiger charge is 2.21. The molecule has 0 saturated carbocycles. The summed E-state index contributed by atoms with van der Waals surface area (Å²) in [4.78, 5) is 10.3. The molecule has 2 aromatic carbocycles. The number of halogens is 2. The number of hydrogen-bond acceptors (Lipinski definition) is 3. The zero-order chi connectivity index (χ0) is 17.2. The van der Waals surface area contributed by atoms with Crippen LogP contribution >= 0.6 is 12.4 Å². The molecule has 0 bridgehead atoms. The third-order valence-corrected chi connectivity index (χ3v) is 5.06. The van der Waals surface area contributed by atoms with Gasteiger partial charge in [-0.2, -0.15) is 0 Å². The predicted molar refractivity (Wildman–Crippen MR) is 103 cm³/mol. The summed E-state index contributed by atoms with van der Waals surface area (Å²) in [5, 5.41) is 9.55. The molecule has 0 aliphatic carbocycles. The lowest BCUT2D eigenvalue weighted by Gasteiger charge is -2.31. The van der Waals surface area contributed by atoms with Gasteiger partial charge < -0.3 is 10.1 Å². The van der Waals surface area contributed by atoms with Crippen molar-refractivity contribution in [3.05, 3.63) is 59.7 Å². The number of piperidine rings is 1. The number of phenols is 1. The van der Waals surface area contributed by atoms with Gasteiger partial charge in [-0.3, -0.25) is 4.90 Å². The van der Waals surface area contributed by atoms with E-state index in [2.05, 4.69) is 14.9 Å². The number of H-pyrrole nitrogens is 1. The zero-order valence-corrected chi connectivity index (χ0v) is 15.3. The topological polar surface area (TPSA) is 52.2 Å². The SMILES string of the molecule is Cl.Oc1ccc2nc(CN3CCC(Cc4ccccc4F)CC3)[nH]c2c1. The molecule has 4 rings (SSSR count). The van der Waals surface area contributed by atoms with Crippen molar-refractivity contribution in [3.8, 4) is 5.75 Å². The molecule has 1 aromatic heterocycles. The van der Waals surface area contributed by atoms with Crippen LogP contribution in [0.2, 0.25) is 0 Å². The van der Waals surface area contributed by atoms with E-state index in [0.29, 0.717) is 5.92 Å². The molecular formula is C20H23ClFN3O. The molecule has 1 saturated heterocycles. The summed E-state index contributed by atoms with van der Waals surface area (Å²) in [6.07, 6.45) is 2.98. The van der Waals surface area contributed by atoms with Gasteiger partial charge in [0.1, 0.15) is 17.4 Å². The molecule has 1 fully saturated rings. The first-order valence-corrected chi connectivity index (χ1v) is 8.81. The first-order chi connectivity index (χ1) is 12.2. The van der Waals surface area contributed by atoms with Crippen LogP contribution in [0.15, 0.2) is 42.5 Å². The molecule has 0 unspecified atom stereocenters. The zero-order valence-electron chi connectivity index (χ0n) is 14.5. The van der Waals surface area contributed by atoms with Gasteiger partial charge in [0.05, 0.1) is 17.6 Å². The van der Waals surface area contributed by atoms with Crippen molar-refractivity contribution in [1.29, 1.82) is 0 Å². The standard InChI is InChI=1S/C20H22FN3O.ClH/c21-17-4-2-1-3-15(17)11-14-7-9-24(10-8-14)13-20-22-18-6-5-16(25)12-19(18)23-20;/h1-6,12,14,25H,7-11,13H2,(H,22,23);1H. The van der Waals surface area contributed by atoms with Crippen LogP contribution < -0.4 is 0 Å². The maximum Gasteiger partial charge on any atom is 0.126 e. The van der Waals surface area contributed by atoms with Crippen molar-refractivity contribution < 1.29 is 9.50 Å². The Morgan fingerprint density at radius 1 is 1.15 bits per heavy atom. The highest BCUT2D eigenvalue weighted by Crippen LogP contribution is 2.24. The van der Waals surface area contributed by atoms with Gasteiger partial charge in [0, 0.05) is 6.07 Å². The van der Waals surface area contributed by atoms with Crippen LogP contribution in [0.4, 0.5) is 4.39 Å². The Morgan fingerprint density at radius 2 is 1.92 bits per heavy atom. The summed E-state index contributed by atoms with van der Waals surface area (Å²) in [5.41, 5.74) is 2.57. The summed E-state index contributed by atoms with van der Waals surface area (Å²) in [7, 11) is 0. The molecule has 0 atom stereocenters. The molecule has 0 radical (unpaired) electrons. The van der Waals surface area contributed by atoms with E-state index in [9.17, 15) is 9.50 Å². The van der Waals surface area contributed by atoms with Crippen LogP contribution in [0.25, 0.3) is 11.0 Å². The van der Waals surface area contributed by atoms with Crippen molar-refractivity contribution >= 4 is 23.4 Å². The second kappa shape index (κ2) is 8.06. The fourth-order valence-electron chi connectivity index (χ4n) is 3.66. The molecule has 4 nitrogen and oxygen atoms in total. The van der Waals surface area contributed by atoms with Gasteiger partial charge in [-0.25, -0.2) is 9.37 Å². The summed E-state index contributed by atoms with van der Waals surface area (Å²) in [6.45, 7) is 2.78. The number of aromatic amines is 1. The smallest absolute Gasteiger partial charge is 0.126 e. The van der Waals surface area contributed by atoms with E-state index in [-0.39, 0.29) is 24.0 Å². The van der Waals surface area contributed by atoms with Crippen LogP contribution in [0.5, 0.6) is 5.75 Å². The van der Waals surface area contributed by atoms with Crippen LogP contribution in [-0.2, 0) is 13.0 Å². The highest BCUT2D eigenvalue weighted by molar-refractivity contribution is 5.85. The highest BCUT2D eigenvalue weighted by atomic mass is 35.5. The predicted octanol–water partition coefficient (Wildman–Crippen LogP) is 4.28. The molecule has 6 heteroatoms. The van der Waals surface area contributed by atoms with E-state index in [1.807, 2.05) is 18.2 Å². The van der Waals surface area contributed by atoms with Crippen molar-refractivity contribution in [2.24, 2.45) is 5.92 Å². The summed E-state index contributed by atoms with van der Waals surface area (Å²) < 4.78 is 13.8. The molecule has 0 spiro atoms. The molecule has 1 aliphatic heterocycles. The average molecular weight is 376 g/mol. The first kappa shape index (κ1) is 18.7. The van der Waals surface area contributed by atoms with E-state index >= 15 is 0 Å². The minimum atomic E-state index is -0.0875. The van der Waals surface area contributed by atoms with Crippen LogP contribution in [-0.4, -0.2) is 33.1 Å². The van der Waals surface area contributed by atoms with E-state index in [1.165, 1.54) is 0 Å². The van der Waals surface area contributed by atoms with Gasteiger partial charge in [-0.15, -0.1) is 12.4 Å². The maximum absolute atomic E-state index is 13.8. The van der Waals surface area contributed by atoms with Crippen molar-refractivity contribution in [1.82, 2.24) is 14.9 Å². The Morgan fingerprint density at radius 3 is 2.69 bits per heavy atom. The first-order valence-electron chi connectivity index (χ1n) is 8.81. The van der Waals surface area contributed by atoms with Gasteiger partial charge in [0.15, 0.2) is 0 Å². The van der Waals surface area contributed by atoms with E-state index in [0.717, 1.165) is 61.3 Å². The lowest BCUT2D eigenvalue weighted by Crippen LogP contribution is -2.34. The minimum Gasteiger partial charge on any atom is -0.508 e. The summed E-state index contributed by atoms with van der Waals surface area (Å²) >= 11 is 0. The number of phenolic OH excluding ortho intramolecular Hbond substituents is 1. The van der Waals surface area contributed by atoms with Crippen LogP contribution in [0.3, 0.4) is 0 Å². The van der Waals surface area contributed by atoms with Crippen molar-refractivity contribution in [2.45, 2.75) is 25.8 Å². The minimum absolute atomic E-state index is 0. The molecule has 138 valence electrons.